The van der Waals surface area contributed by atoms with E-state index in [0.717, 1.165) is 19.0 Å². The van der Waals surface area contributed by atoms with Crippen LogP contribution >= 0.6 is 0 Å². The highest BCUT2D eigenvalue weighted by Crippen LogP contribution is 2.34. The lowest BCUT2D eigenvalue weighted by Crippen LogP contribution is -2.56. The van der Waals surface area contributed by atoms with Crippen molar-refractivity contribution >= 4 is 0 Å². The van der Waals surface area contributed by atoms with Crippen molar-refractivity contribution in [3.8, 4) is 0 Å². The highest BCUT2D eigenvalue weighted by atomic mass is 16.3. The van der Waals surface area contributed by atoms with Crippen LogP contribution in [0, 0.1) is 0 Å². The average Bonchev–Trinajstić information content (AvgIpc) is 2.48. The molecule has 1 heterocycles. The van der Waals surface area contributed by atoms with E-state index in [0.29, 0.717) is 12.6 Å². The molecule has 0 radical (unpaired) electrons. The van der Waals surface area contributed by atoms with Crippen LogP contribution in [0.1, 0.15) is 58.8 Å². The van der Waals surface area contributed by atoms with Crippen LogP contribution in [0.5, 0.6) is 0 Å². The fourth-order valence-electron chi connectivity index (χ4n) is 4.16. The maximum Gasteiger partial charge on any atom is 0.0446 e. The standard InChI is InChI=1S/C16H32N2O/c1-16(2)10-11-17(3)13-15(9-12-19)18(16)14-7-5-4-6-8-14/h14-15,19H,4-13H2,1-3H3. The third-order valence-electron chi connectivity index (χ3n) is 5.15. The summed E-state index contributed by atoms with van der Waals surface area (Å²) in [4.78, 5) is 5.23. The third-order valence-corrected chi connectivity index (χ3v) is 5.15. The van der Waals surface area contributed by atoms with E-state index >= 15 is 0 Å². The van der Waals surface area contributed by atoms with Gasteiger partial charge in [0, 0.05) is 30.8 Å². The minimum absolute atomic E-state index is 0.270. The van der Waals surface area contributed by atoms with Crippen molar-refractivity contribution in [2.75, 3.05) is 26.7 Å². The van der Waals surface area contributed by atoms with Crippen molar-refractivity contribution in [1.82, 2.24) is 9.80 Å². The van der Waals surface area contributed by atoms with Gasteiger partial charge in [-0.05, 0) is 53.1 Å². The zero-order chi connectivity index (χ0) is 13.9. The monoisotopic (exact) mass is 268 g/mol. The first-order chi connectivity index (χ1) is 9.04. The van der Waals surface area contributed by atoms with E-state index in [-0.39, 0.29) is 5.54 Å². The molecule has 112 valence electrons. The van der Waals surface area contributed by atoms with Crippen molar-refractivity contribution in [2.24, 2.45) is 0 Å². The first kappa shape index (κ1) is 15.3. The summed E-state index contributed by atoms with van der Waals surface area (Å²) < 4.78 is 0. The Kier molecular flexibility index (Phi) is 5.27. The Morgan fingerprint density at radius 1 is 1.16 bits per heavy atom. The van der Waals surface area contributed by atoms with Gasteiger partial charge in [-0.1, -0.05) is 19.3 Å². The highest BCUT2D eigenvalue weighted by molar-refractivity contribution is 4.96. The normalized spacial score (nSPS) is 31.3. The number of likely N-dealkylation sites (N-methyl/N-ethyl adjacent to an activating group) is 1. The Morgan fingerprint density at radius 2 is 1.84 bits per heavy atom. The van der Waals surface area contributed by atoms with Gasteiger partial charge in [-0.25, -0.2) is 0 Å². The molecular weight excluding hydrogens is 236 g/mol. The highest BCUT2D eigenvalue weighted by Gasteiger charge is 2.40. The molecule has 1 unspecified atom stereocenters. The summed E-state index contributed by atoms with van der Waals surface area (Å²) in [6.07, 6.45) is 9.06. The van der Waals surface area contributed by atoms with Crippen molar-refractivity contribution in [1.29, 1.82) is 0 Å². The summed E-state index contributed by atoms with van der Waals surface area (Å²) in [6, 6.07) is 1.27. The van der Waals surface area contributed by atoms with Gasteiger partial charge in [0.1, 0.15) is 0 Å². The molecule has 0 aromatic carbocycles. The van der Waals surface area contributed by atoms with E-state index in [9.17, 15) is 5.11 Å². The number of hydrogen-bond donors (Lipinski definition) is 1. The lowest BCUT2D eigenvalue weighted by molar-refractivity contribution is 0.00331. The van der Waals surface area contributed by atoms with Gasteiger partial charge in [0.05, 0.1) is 0 Å². The number of hydrogen-bond acceptors (Lipinski definition) is 3. The quantitative estimate of drug-likeness (QED) is 0.852. The molecule has 3 heteroatoms. The lowest BCUT2D eigenvalue weighted by Gasteiger charge is -2.48. The van der Waals surface area contributed by atoms with E-state index in [1.165, 1.54) is 45.1 Å². The molecule has 1 aliphatic carbocycles. The second-order valence-electron chi connectivity index (χ2n) is 7.19. The van der Waals surface area contributed by atoms with Gasteiger partial charge in [0.15, 0.2) is 0 Å². The smallest absolute Gasteiger partial charge is 0.0446 e. The van der Waals surface area contributed by atoms with Gasteiger partial charge in [-0.2, -0.15) is 0 Å². The predicted molar refractivity (Wildman–Crippen MR) is 80.4 cm³/mol. The van der Waals surface area contributed by atoms with Gasteiger partial charge in [0.2, 0.25) is 0 Å². The molecule has 1 saturated heterocycles. The van der Waals surface area contributed by atoms with Gasteiger partial charge in [-0.15, -0.1) is 0 Å². The van der Waals surface area contributed by atoms with E-state index < -0.39 is 0 Å². The molecule has 1 atom stereocenters. The fourth-order valence-corrected chi connectivity index (χ4v) is 4.16. The molecule has 3 nitrogen and oxygen atoms in total. The van der Waals surface area contributed by atoms with Crippen molar-refractivity contribution < 1.29 is 5.11 Å². The van der Waals surface area contributed by atoms with Crippen LogP contribution in [0.15, 0.2) is 0 Å². The lowest BCUT2D eigenvalue weighted by atomic mass is 9.87. The molecule has 0 bridgehead atoms. The summed E-state index contributed by atoms with van der Waals surface area (Å²) in [5.41, 5.74) is 0.270. The van der Waals surface area contributed by atoms with Crippen LogP contribution in [0.25, 0.3) is 0 Å². The molecule has 1 saturated carbocycles. The SMILES string of the molecule is CN1CCC(C)(C)N(C2CCCCC2)C(CCO)C1. The maximum absolute atomic E-state index is 9.44. The third kappa shape index (κ3) is 3.71. The molecule has 0 spiro atoms. The van der Waals surface area contributed by atoms with Gasteiger partial charge in [-0.3, -0.25) is 4.90 Å². The van der Waals surface area contributed by atoms with Crippen LogP contribution in [0.2, 0.25) is 0 Å². The molecule has 19 heavy (non-hydrogen) atoms. The van der Waals surface area contributed by atoms with Gasteiger partial charge >= 0.3 is 0 Å². The predicted octanol–water partition coefficient (Wildman–Crippen LogP) is 2.49. The molecule has 0 aromatic rings. The Balaban J connectivity index is 2.18. The van der Waals surface area contributed by atoms with Crippen molar-refractivity contribution in [2.45, 2.75) is 76.4 Å². The summed E-state index contributed by atoms with van der Waals surface area (Å²) >= 11 is 0. The topological polar surface area (TPSA) is 26.7 Å². The Labute approximate surface area is 119 Å². The van der Waals surface area contributed by atoms with Gasteiger partial charge in [0.25, 0.3) is 0 Å². The summed E-state index contributed by atoms with van der Waals surface area (Å²) in [7, 11) is 2.23. The zero-order valence-electron chi connectivity index (χ0n) is 13.1. The first-order valence-corrected chi connectivity index (χ1v) is 8.12. The van der Waals surface area contributed by atoms with Crippen LogP contribution in [-0.2, 0) is 0 Å². The molecule has 2 rings (SSSR count). The van der Waals surface area contributed by atoms with Crippen LogP contribution in [0.3, 0.4) is 0 Å². The summed E-state index contributed by atoms with van der Waals surface area (Å²) in [5, 5.41) is 9.44. The second kappa shape index (κ2) is 6.55. The minimum Gasteiger partial charge on any atom is -0.396 e. The van der Waals surface area contributed by atoms with Crippen LogP contribution in [0.4, 0.5) is 0 Å². The number of rotatable bonds is 3. The first-order valence-electron chi connectivity index (χ1n) is 8.12. The molecule has 1 N–H and O–H groups in total. The molecule has 0 amide bonds. The molecule has 2 aliphatic rings. The second-order valence-corrected chi connectivity index (χ2v) is 7.19. The van der Waals surface area contributed by atoms with E-state index in [4.69, 9.17) is 0 Å². The van der Waals surface area contributed by atoms with Crippen LogP contribution in [-0.4, -0.2) is 59.3 Å². The molecule has 0 aromatic heterocycles. The van der Waals surface area contributed by atoms with Crippen molar-refractivity contribution in [3.63, 3.8) is 0 Å². The Bertz CT molecular complexity index is 274. The number of aliphatic hydroxyl groups is 1. The van der Waals surface area contributed by atoms with E-state index in [1.54, 1.807) is 0 Å². The maximum atomic E-state index is 9.44. The molecule has 2 fully saturated rings. The van der Waals surface area contributed by atoms with Crippen LogP contribution < -0.4 is 0 Å². The van der Waals surface area contributed by atoms with E-state index in [1.807, 2.05) is 0 Å². The van der Waals surface area contributed by atoms with Crippen molar-refractivity contribution in [3.05, 3.63) is 0 Å². The Morgan fingerprint density at radius 3 is 2.47 bits per heavy atom. The van der Waals surface area contributed by atoms with Gasteiger partial charge < -0.3 is 10.0 Å². The summed E-state index contributed by atoms with van der Waals surface area (Å²) in [5.74, 6) is 0. The largest absolute Gasteiger partial charge is 0.396 e. The zero-order valence-corrected chi connectivity index (χ0v) is 13.1. The average molecular weight is 268 g/mol. The summed E-state index contributed by atoms with van der Waals surface area (Å²) in [6.45, 7) is 7.42. The number of aliphatic hydroxyl groups excluding tert-OH is 1. The Hall–Kier alpha value is -0.120. The molecular formula is C16H32N2O. The number of nitrogens with zero attached hydrogens (tertiary/aromatic N) is 2. The van der Waals surface area contributed by atoms with E-state index in [2.05, 4.69) is 30.7 Å². The minimum atomic E-state index is 0.270. The molecule has 1 aliphatic heterocycles. The fraction of sp³-hybridized carbons (Fsp3) is 1.00.